The molecule has 0 aliphatic heterocycles. The molecule has 4 heteroatoms. The Hall–Kier alpha value is -1.84. The van der Waals surface area contributed by atoms with Gasteiger partial charge in [0.05, 0.1) is 0 Å². The lowest BCUT2D eigenvalue weighted by molar-refractivity contribution is -0.122. The number of carbonyl (C=O) groups is 1. The summed E-state index contributed by atoms with van der Waals surface area (Å²) in [4.78, 5) is 12.3. The van der Waals surface area contributed by atoms with E-state index in [9.17, 15) is 4.79 Å². The summed E-state index contributed by atoms with van der Waals surface area (Å²) in [5, 5.41) is 2.99. The summed E-state index contributed by atoms with van der Waals surface area (Å²) < 4.78 is 0. The van der Waals surface area contributed by atoms with Crippen molar-refractivity contribution in [1.29, 1.82) is 0 Å². The van der Waals surface area contributed by atoms with E-state index in [1.54, 1.807) is 0 Å². The van der Waals surface area contributed by atoms with Crippen molar-refractivity contribution in [3.05, 3.63) is 70.8 Å². The SMILES string of the molecule is Cc1ccc(C(N)C(=O)NCC(C)(C)c2cccc(C)c2)cc1.Cl. The van der Waals surface area contributed by atoms with Gasteiger partial charge < -0.3 is 11.1 Å². The molecule has 0 aliphatic rings. The van der Waals surface area contributed by atoms with Crippen LogP contribution in [0.5, 0.6) is 0 Å². The fraction of sp³-hybridized carbons (Fsp3) is 0.350. The first-order valence-electron chi connectivity index (χ1n) is 7.96. The van der Waals surface area contributed by atoms with Gasteiger partial charge in [0.2, 0.25) is 5.91 Å². The Morgan fingerprint density at radius 1 is 1.08 bits per heavy atom. The number of halogens is 1. The molecule has 130 valence electrons. The molecule has 0 aliphatic carbocycles. The zero-order valence-electron chi connectivity index (χ0n) is 14.8. The summed E-state index contributed by atoms with van der Waals surface area (Å²) >= 11 is 0. The molecule has 2 rings (SSSR count). The highest BCUT2D eigenvalue weighted by Gasteiger charge is 2.23. The maximum atomic E-state index is 12.3. The van der Waals surface area contributed by atoms with E-state index in [0.29, 0.717) is 6.54 Å². The van der Waals surface area contributed by atoms with Crippen LogP contribution >= 0.6 is 12.4 Å². The Morgan fingerprint density at radius 3 is 2.29 bits per heavy atom. The minimum absolute atomic E-state index is 0. The van der Waals surface area contributed by atoms with E-state index >= 15 is 0 Å². The summed E-state index contributed by atoms with van der Waals surface area (Å²) in [6.07, 6.45) is 0. The maximum absolute atomic E-state index is 12.3. The minimum Gasteiger partial charge on any atom is -0.354 e. The Labute approximate surface area is 151 Å². The van der Waals surface area contributed by atoms with E-state index in [2.05, 4.69) is 44.3 Å². The lowest BCUT2D eigenvalue weighted by Gasteiger charge is -2.27. The summed E-state index contributed by atoms with van der Waals surface area (Å²) in [6, 6.07) is 15.5. The van der Waals surface area contributed by atoms with Crippen molar-refractivity contribution in [2.24, 2.45) is 5.73 Å². The monoisotopic (exact) mass is 346 g/mol. The van der Waals surface area contributed by atoms with Crippen LogP contribution in [0.4, 0.5) is 0 Å². The summed E-state index contributed by atoms with van der Waals surface area (Å²) in [5.74, 6) is -0.144. The number of carbonyl (C=O) groups excluding carboxylic acids is 1. The van der Waals surface area contributed by atoms with Gasteiger partial charge in [0.25, 0.3) is 0 Å². The molecule has 0 bridgehead atoms. The number of rotatable bonds is 5. The normalized spacial score (nSPS) is 12.2. The molecule has 1 atom stereocenters. The number of hydrogen-bond acceptors (Lipinski definition) is 2. The van der Waals surface area contributed by atoms with Crippen molar-refractivity contribution in [3.63, 3.8) is 0 Å². The van der Waals surface area contributed by atoms with Gasteiger partial charge in [-0.25, -0.2) is 0 Å². The number of benzene rings is 2. The van der Waals surface area contributed by atoms with Crippen molar-refractivity contribution >= 4 is 18.3 Å². The van der Waals surface area contributed by atoms with E-state index < -0.39 is 6.04 Å². The lowest BCUT2D eigenvalue weighted by atomic mass is 9.84. The van der Waals surface area contributed by atoms with Gasteiger partial charge in [-0.05, 0) is 25.0 Å². The third kappa shape index (κ3) is 5.08. The maximum Gasteiger partial charge on any atom is 0.241 e. The average Bonchev–Trinajstić information content (AvgIpc) is 2.53. The van der Waals surface area contributed by atoms with Crippen LogP contribution < -0.4 is 11.1 Å². The first-order chi connectivity index (χ1) is 10.8. The zero-order valence-corrected chi connectivity index (χ0v) is 15.6. The first-order valence-corrected chi connectivity index (χ1v) is 7.96. The summed E-state index contributed by atoms with van der Waals surface area (Å²) in [6.45, 7) is 8.89. The zero-order chi connectivity index (χ0) is 17.0. The number of hydrogen-bond donors (Lipinski definition) is 2. The molecule has 0 saturated heterocycles. The molecule has 1 amide bonds. The van der Waals surface area contributed by atoms with Gasteiger partial charge in [-0.2, -0.15) is 0 Å². The third-order valence-corrected chi connectivity index (χ3v) is 4.22. The van der Waals surface area contributed by atoms with Crippen LogP contribution in [0, 0.1) is 13.8 Å². The Morgan fingerprint density at radius 2 is 1.71 bits per heavy atom. The highest BCUT2D eigenvalue weighted by atomic mass is 35.5. The van der Waals surface area contributed by atoms with Gasteiger partial charge >= 0.3 is 0 Å². The standard InChI is InChI=1S/C20H26N2O.ClH/c1-14-8-10-16(11-9-14)18(21)19(23)22-13-20(3,4)17-7-5-6-15(2)12-17;/h5-12,18H,13,21H2,1-4H3,(H,22,23);1H. The summed E-state index contributed by atoms with van der Waals surface area (Å²) in [5.41, 5.74) is 10.3. The molecule has 0 saturated carbocycles. The molecule has 24 heavy (non-hydrogen) atoms. The van der Waals surface area contributed by atoms with Crippen molar-refractivity contribution < 1.29 is 4.79 Å². The number of amides is 1. The predicted molar refractivity (Wildman–Crippen MR) is 103 cm³/mol. The largest absolute Gasteiger partial charge is 0.354 e. The van der Waals surface area contributed by atoms with Gasteiger partial charge in [0.1, 0.15) is 6.04 Å². The molecular formula is C20H27ClN2O. The molecule has 0 aromatic heterocycles. The molecule has 0 spiro atoms. The fourth-order valence-corrected chi connectivity index (χ4v) is 2.51. The van der Waals surface area contributed by atoms with Crippen molar-refractivity contribution in [1.82, 2.24) is 5.32 Å². The second kappa shape index (κ2) is 8.32. The number of aryl methyl sites for hydroxylation is 2. The smallest absolute Gasteiger partial charge is 0.241 e. The van der Waals surface area contributed by atoms with Crippen LogP contribution in [-0.4, -0.2) is 12.5 Å². The van der Waals surface area contributed by atoms with Crippen LogP contribution in [0.1, 0.15) is 42.1 Å². The Kier molecular flexibility index (Phi) is 7.00. The van der Waals surface area contributed by atoms with Crippen LogP contribution in [0.15, 0.2) is 48.5 Å². The van der Waals surface area contributed by atoms with Crippen LogP contribution in [0.2, 0.25) is 0 Å². The summed E-state index contributed by atoms with van der Waals surface area (Å²) in [7, 11) is 0. The first kappa shape index (κ1) is 20.2. The Bertz CT molecular complexity index is 680. The van der Waals surface area contributed by atoms with Gasteiger partial charge in [0, 0.05) is 12.0 Å². The van der Waals surface area contributed by atoms with Crippen LogP contribution in [0.3, 0.4) is 0 Å². The average molecular weight is 347 g/mol. The molecule has 0 radical (unpaired) electrons. The van der Waals surface area contributed by atoms with E-state index in [4.69, 9.17) is 5.73 Å². The fourth-order valence-electron chi connectivity index (χ4n) is 2.51. The van der Waals surface area contributed by atoms with E-state index in [1.807, 2.05) is 37.3 Å². The van der Waals surface area contributed by atoms with Gasteiger partial charge in [0.15, 0.2) is 0 Å². The molecule has 2 aromatic carbocycles. The lowest BCUT2D eigenvalue weighted by Crippen LogP contribution is -2.41. The molecule has 0 heterocycles. The van der Waals surface area contributed by atoms with Crippen LogP contribution in [0.25, 0.3) is 0 Å². The van der Waals surface area contributed by atoms with E-state index in [0.717, 1.165) is 11.1 Å². The van der Waals surface area contributed by atoms with Gasteiger partial charge in [-0.3, -0.25) is 4.79 Å². The van der Waals surface area contributed by atoms with E-state index in [1.165, 1.54) is 11.1 Å². The van der Waals surface area contributed by atoms with Gasteiger partial charge in [-0.15, -0.1) is 12.4 Å². The van der Waals surface area contributed by atoms with Crippen molar-refractivity contribution in [3.8, 4) is 0 Å². The molecular weight excluding hydrogens is 320 g/mol. The van der Waals surface area contributed by atoms with E-state index in [-0.39, 0.29) is 23.7 Å². The van der Waals surface area contributed by atoms with Gasteiger partial charge in [-0.1, -0.05) is 73.5 Å². The molecule has 0 fully saturated rings. The van der Waals surface area contributed by atoms with Crippen molar-refractivity contribution in [2.45, 2.75) is 39.2 Å². The predicted octanol–water partition coefficient (Wildman–Crippen LogP) is 3.82. The quantitative estimate of drug-likeness (QED) is 0.864. The number of nitrogens with two attached hydrogens (primary N) is 1. The minimum atomic E-state index is -0.635. The number of nitrogens with one attached hydrogen (secondary N) is 1. The molecule has 3 N–H and O–H groups in total. The van der Waals surface area contributed by atoms with Crippen LogP contribution in [-0.2, 0) is 10.2 Å². The molecule has 3 nitrogen and oxygen atoms in total. The Balaban J connectivity index is 0.00000288. The second-order valence-corrected chi connectivity index (χ2v) is 6.86. The van der Waals surface area contributed by atoms with Crippen molar-refractivity contribution in [2.75, 3.05) is 6.54 Å². The highest BCUT2D eigenvalue weighted by Crippen LogP contribution is 2.23. The topological polar surface area (TPSA) is 55.1 Å². The highest BCUT2D eigenvalue weighted by molar-refractivity contribution is 5.85. The third-order valence-electron chi connectivity index (χ3n) is 4.22. The molecule has 2 aromatic rings. The molecule has 1 unspecified atom stereocenters. The second-order valence-electron chi connectivity index (χ2n) is 6.86.